The Balaban J connectivity index is 2.53. The highest BCUT2D eigenvalue weighted by atomic mass is 16.2. The summed E-state index contributed by atoms with van der Waals surface area (Å²) in [5.74, 6) is -0.0300. The molecule has 1 rings (SSSR count). The molecule has 0 saturated carbocycles. The van der Waals surface area contributed by atoms with Crippen LogP contribution in [0.25, 0.3) is 0 Å². The van der Waals surface area contributed by atoms with Crippen LogP contribution in [0.5, 0.6) is 0 Å². The fraction of sp³-hybridized carbons (Fsp3) is 0.462. The highest BCUT2D eigenvalue weighted by Crippen LogP contribution is 2.15. The molecule has 0 saturated heterocycles. The summed E-state index contributed by atoms with van der Waals surface area (Å²) in [6.07, 6.45) is 0. The van der Waals surface area contributed by atoms with E-state index in [1.54, 1.807) is 0 Å². The smallest absolute Gasteiger partial charge is 0.239 e. The molecule has 1 aromatic rings. The maximum absolute atomic E-state index is 11.6. The van der Waals surface area contributed by atoms with Gasteiger partial charge in [0.2, 0.25) is 5.91 Å². The van der Waals surface area contributed by atoms with E-state index < -0.39 is 0 Å². The first-order valence-electron chi connectivity index (χ1n) is 5.68. The molecule has 0 fully saturated rings. The van der Waals surface area contributed by atoms with E-state index in [0.29, 0.717) is 5.69 Å². The lowest BCUT2D eigenvalue weighted by atomic mass is 10.1. The van der Waals surface area contributed by atoms with Gasteiger partial charge in [0.25, 0.3) is 0 Å². The van der Waals surface area contributed by atoms with E-state index in [9.17, 15) is 4.79 Å². The molecule has 1 amide bonds. The van der Waals surface area contributed by atoms with Crippen molar-refractivity contribution in [2.24, 2.45) is 0 Å². The molecule has 0 heterocycles. The second-order valence-electron chi connectivity index (χ2n) is 5.28. The molecule has 1 aromatic carbocycles. The first-order valence-corrected chi connectivity index (χ1v) is 5.68. The molecule has 4 N–H and O–H groups in total. The zero-order chi connectivity index (χ0) is 13.1. The van der Waals surface area contributed by atoms with Gasteiger partial charge in [0.05, 0.1) is 6.54 Å². The minimum absolute atomic E-state index is 0.0300. The predicted octanol–water partition coefficient (Wildman–Crippen LogP) is 1.90. The van der Waals surface area contributed by atoms with Gasteiger partial charge in [0, 0.05) is 16.9 Å². The van der Waals surface area contributed by atoms with E-state index in [4.69, 9.17) is 5.73 Å². The van der Waals surface area contributed by atoms with Crippen molar-refractivity contribution in [1.29, 1.82) is 0 Å². The van der Waals surface area contributed by atoms with Crippen LogP contribution >= 0.6 is 0 Å². The lowest BCUT2D eigenvalue weighted by molar-refractivity contribution is -0.120. The van der Waals surface area contributed by atoms with Crippen molar-refractivity contribution in [2.45, 2.75) is 33.2 Å². The van der Waals surface area contributed by atoms with E-state index >= 15 is 0 Å². The van der Waals surface area contributed by atoms with Crippen LogP contribution in [0.15, 0.2) is 18.2 Å². The van der Waals surface area contributed by atoms with Crippen LogP contribution in [0.2, 0.25) is 0 Å². The van der Waals surface area contributed by atoms with E-state index in [1.165, 1.54) is 0 Å². The summed E-state index contributed by atoms with van der Waals surface area (Å²) < 4.78 is 0. The van der Waals surface area contributed by atoms with Crippen molar-refractivity contribution >= 4 is 17.3 Å². The highest BCUT2D eigenvalue weighted by Gasteiger charge is 2.13. The first-order chi connectivity index (χ1) is 7.76. The third-order valence-corrected chi connectivity index (χ3v) is 2.07. The number of benzene rings is 1. The Morgan fingerprint density at radius 2 is 1.94 bits per heavy atom. The lowest BCUT2D eigenvalue weighted by Gasteiger charge is -2.20. The fourth-order valence-electron chi connectivity index (χ4n) is 1.56. The molecule has 0 aliphatic rings. The molecular formula is C13H21N3O. The van der Waals surface area contributed by atoms with Crippen molar-refractivity contribution in [3.8, 4) is 0 Å². The predicted molar refractivity (Wildman–Crippen MR) is 72.0 cm³/mol. The van der Waals surface area contributed by atoms with E-state index in [0.717, 1.165) is 11.3 Å². The topological polar surface area (TPSA) is 67.1 Å². The van der Waals surface area contributed by atoms with Crippen LogP contribution in [-0.2, 0) is 4.79 Å². The molecule has 0 atom stereocenters. The van der Waals surface area contributed by atoms with Crippen molar-refractivity contribution in [1.82, 2.24) is 5.32 Å². The first kappa shape index (κ1) is 13.4. The van der Waals surface area contributed by atoms with Crippen LogP contribution < -0.4 is 16.4 Å². The number of hydrogen-bond donors (Lipinski definition) is 3. The van der Waals surface area contributed by atoms with Crippen LogP contribution in [0, 0.1) is 6.92 Å². The SMILES string of the molecule is Cc1cc(N)cc(NCC(=O)NC(C)(C)C)c1. The number of aryl methyl sites for hydroxylation is 1. The van der Waals surface area contributed by atoms with Gasteiger partial charge in [0.1, 0.15) is 0 Å². The van der Waals surface area contributed by atoms with Gasteiger partial charge in [-0.1, -0.05) is 0 Å². The molecule has 94 valence electrons. The van der Waals surface area contributed by atoms with Gasteiger partial charge < -0.3 is 16.4 Å². The highest BCUT2D eigenvalue weighted by molar-refractivity contribution is 5.81. The van der Waals surface area contributed by atoms with E-state index in [1.807, 2.05) is 45.9 Å². The van der Waals surface area contributed by atoms with Gasteiger partial charge >= 0.3 is 0 Å². The molecule has 4 nitrogen and oxygen atoms in total. The summed E-state index contributed by atoms with van der Waals surface area (Å²) in [6, 6.07) is 5.67. The summed E-state index contributed by atoms with van der Waals surface area (Å²) in [4.78, 5) is 11.6. The number of nitrogens with two attached hydrogens (primary N) is 1. The zero-order valence-electron chi connectivity index (χ0n) is 10.9. The fourth-order valence-corrected chi connectivity index (χ4v) is 1.56. The lowest BCUT2D eigenvalue weighted by Crippen LogP contribution is -2.43. The molecule has 0 aromatic heterocycles. The molecule has 0 aliphatic carbocycles. The summed E-state index contributed by atoms with van der Waals surface area (Å²) in [6.45, 7) is 8.08. The van der Waals surface area contributed by atoms with Crippen LogP contribution in [0.4, 0.5) is 11.4 Å². The number of nitrogens with one attached hydrogen (secondary N) is 2. The molecule has 4 heteroatoms. The summed E-state index contributed by atoms with van der Waals surface area (Å²) in [5.41, 5.74) is 8.16. The molecule has 0 aliphatic heterocycles. The average molecular weight is 235 g/mol. The third-order valence-electron chi connectivity index (χ3n) is 2.07. The van der Waals surface area contributed by atoms with Crippen molar-refractivity contribution in [2.75, 3.05) is 17.6 Å². The average Bonchev–Trinajstić information content (AvgIpc) is 2.10. The van der Waals surface area contributed by atoms with Gasteiger partial charge in [-0.3, -0.25) is 4.79 Å². The van der Waals surface area contributed by atoms with E-state index in [2.05, 4.69) is 10.6 Å². The third kappa shape index (κ3) is 5.24. The monoisotopic (exact) mass is 235 g/mol. The van der Waals surface area contributed by atoms with Crippen LogP contribution in [-0.4, -0.2) is 18.0 Å². The number of anilines is 2. The van der Waals surface area contributed by atoms with E-state index in [-0.39, 0.29) is 18.0 Å². The molecule has 0 bridgehead atoms. The minimum atomic E-state index is -0.204. The van der Waals surface area contributed by atoms with Crippen LogP contribution in [0.1, 0.15) is 26.3 Å². The minimum Gasteiger partial charge on any atom is -0.399 e. The second-order valence-corrected chi connectivity index (χ2v) is 5.28. The van der Waals surface area contributed by atoms with Crippen molar-refractivity contribution in [3.05, 3.63) is 23.8 Å². The largest absolute Gasteiger partial charge is 0.399 e. The van der Waals surface area contributed by atoms with Gasteiger partial charge in [-0.05, 0) is 51.5 Å². The second kappa shape index (κ2) is 5.08. The Labute approximate surface area is 103 Å². The number of carbonyl (C=O) groups excluding carboxylic acids is 1. The van der Waals surface area contributed by atoms with Gasteiger partial charge in [-0.15, -0.1) is 0 Å². The number of rotatable bonds is 3. The molecule has 0 unspecified atom stereocenters. The Morgan fingerprint density at radius 1 is 1.29 bits per heavy atom. The van der Waals surface area contributed by atoms with Gasteiger partial charge in [-0.25, -0.2) is 0 Å². The van der Waals surface area contributed by atoms with Gasteiger partial charge in [0.15, 0.2) is 0 Å². The summed E-state index contributed by atoms with van der Waals surface area (Å²) >= 11 is 0. The summed E-state index contributed by atoms with van der Waals surface area (Å²) in [5, 5.41) is 5.94. The number of carbonyl (C=O) groups is 1. The van der Waals surface area contributed by atoms with Crippen molar-refractivity contribution < 1.29 is 4.79 Å². The Kier molecular flexibility index (Phi) is 3.99. The molecular weight excluding hydrogens is 214 g/mol. The molecule has 0 spiro atoms. The Bertz CT molecular complexity index is 387. The van der Waals surface area contributed by atoms with Crippen LogP contribution in [0.3, 0.4) is 0 Å². The molecule has 0 radical (unpaired) electrons. The number of hydrogen-bond acceptors (Lipinski definition) is 3. The Hall–Kier alpha value is -1.71. The maximum atomic E-state index is 11.6. The number of amides is 1. The standard InChI is InChI=1S/C13H21N3O/c1-9-5-10(14)7-11(6-9)15-8-12(17)16-13(2,3)4/h5-7,15H,8,14H2,1-4H3,(H,16,17). The molecule has 17 heavy (non-hydrogen) atoms. The quantitative estimate of drug-likeness (QED) is 0.701. The van der Waals surface area contributed by atoms with Crippen molar-refractivity contribution in [3.63, 3.8) is 0 Å². The number of nitrogen functional groups attached to an aromatic ring is 1. The van der Waals surface area contributed by atoms with Gasteiger partial charge in [-0.2, -0.15) is 0 Å². The maximum Gasteiger partial charge on any atom is 0.239 e. The normalized spacial score (nSPS) is 11.1. The zero-order valence-corrected chi connectivity index (χ0v) is 10.9. The Morgan fingerprint density at radius 3 is 2.47 bits per heavy atom. The summed E-state index contributed by atoms with van der Waals surface area (Å²) in [7, 11) is 0.